The molecule has 0 heterocycles. The van der Waals surface area contributed by atoms with E-state index in [0.717, 1.165) is 12.8 Å². The van der Waals surface area contributed by atoms with Gasteiger partial charge in [-0.25, -0.2) is 0 Å². The predicted molar refractivity (Wildman–Crippen MR) is 39.9 cm³/mol. The molecule has 0 aromatic heterocycles. The Morgan fingerprint density at radius 2 is 2.00 bits per heavy atom. The van der Waals surface area contributed by atoms with Crippen LogP contribution in [0.15, 0.2) is 0 Å². The van der Waals surface area contributed by atoms with Crippen LogP contribution in [0.25, 0.3) is 0 Å². The van der Waals surface area contributed by atoms with Crippen LogP contribution in [0.3, 0.4) is 0 Å². The van der Waals surface area contributed by atoms with Crippen LogP contribution in [0.4, 0.5) is 8.78 Å². The lowest BCUT2D eigenvalue weighted by molar-refractivity contribution is -0.144. The summed E-state index contributed by atoms with van der Waals surface area (Å²) in [6.07, 6.45) is 1.65. The third-order valence-corrected chi connectivity index (χ3v) is 1.73. The van der Waals surface area contributed by atoms with E-state index in [9.17, 15) is 8.78 Å². The summed E-state index contributed by atoms with van der Waals surface area (Å²) in [6.45, 7) is -2.47. The van der Waals surface area contributed by atoms with Crippen molar-refractivity contribution in [1.29, 1.82) is 0 Å². The van der Waals surface area contributed by atoms with Crippen molar-refractivity contribution in [2.45, 2.75) is 25.5 Å². The summed E-state index contributed by atoms with van der Waals surface area (Å²) in [5.41, 5.74) is 5.43. The van der Waals surface area contributed by atoms with Crippen LogP contribution in [0.5, 0.6) is 0 Å². The fourth-order valence-electron chi connectivity index (χ4n) is 1.13. The topological polar surface area (TPSA) is 35.2 Å². The van der Waals surface area contributed by atoms with E-state index in [1.54, 1.807) is 0 Å². The molecule has 68 valence electrons. The first-order valence-electron chi connectivity index (χ1n) is 3.34. The van der Waals surface area contributed by atoms with Gasteiger partial charge in [-0.3, -0.25) is 0 Å². The molecule has 0 amide bonds. The Morgan fingerprint density at radius 1 is 1.45 bits per heavy atom. The molecule has 0 aromatic rings. The monoisotopic (exact) mass is 187 g/mol. The zero-order valence-corrected chi connectivity index (χ0v) is 6.82. The smallest absolute Gasteiger partial charge is 0.328 e. The van der Waals surface area contributed by atoms with Crippen molar-refractivity contribution >= 4 is 12.4 Å². The minimum Gasteiger partial charge on any atom is -0.328 e. The Morgan fingerprint density at radius 3 is 2.36 bits per heavy atom. The van der Waals surface area contributed by atoms with Gasteiger partial charge in [0.25, 0.3) is 0 Å². The van der Waals surface area contributed by atoms with Gasteiger partial charge in [-0.2, -0.15) is 8.78 Å². The van der Waals surface area contributed by atoms with Gasteiger partial charge < -0.3 is 10.5 Å². The van der Waals surface area contributed by atoms with Crippen molar-refractivity contribution in [2.75, 3.05) is 6.61 Å². The molecule has 2 nitrogen and oxygen atoms in total. The molecule has 0 aliphatic heterocycles. The van der Waals surface area contributed by atoms with Crippen LogP contribution in [0.1, 0.15) is 12.8 Å². The number of nitrogens with two attached hydrogens (primary N) is 1. The highest BCUT2D eigenvalue weighted by atomic mass is 35.5. The molecule has 0 radical (unpaired) electrons. The minimum atomic E-state index is -2.63. The number of rotatable bonds is 3. The van der Waals surface area contributed by atoms with E-state index in [1.165, 1.54) is 0 Å². The molecule has 0 spiro atoms. The Bertz CT molecular complexity index is 109. The van der Waals surface area contributed by atoms with E-state index >= 15 is 0 Å². The van der Waals surface area contributed by atoms with Crippen LogP contribution >= 0.6 is 12.4 Å². The van der Waals surface area contributed by atoms with Crippen molar-refractivity contribution in [3.05, 3.63) is 0 Å². The second-order valence-electron chi connectivity index (χ2n) is 2.69. The van der Waals surface area contributed by atoms with Gasteiger partial charge in [0.05, 0.1) is 6.61 Å². The van der Waals surface area contributed by atoms with Gasteiger partial charge in [0.1, 0.15) is 0 Å². The Balaban J connectivity index is 0.000001000. The fraction of sp³-hybridized carbons (Fsp3) is 1.00. The quantitative estimate of drug-likeness (QED) is 0.725. The summed E-state index contributed by atoms with van der Waals surface area (Å²) in [6, 6.07) is 0.214. The lowest BCUT2D eigenvalue weighted by Gasteiger charge is -2.31. The van der Waals surface area contributed by atoms with Crippen LogP contribution < -0.4 is 5.73 Å². The first-order valence-corrected chi connectivity index (χ1v) is 3.34. The van der Waals surface area contributed by atoms with Gasteiger partial charge in [-0.15, -0.1) is 12.4 Å². The summed E-state index contributed by atoms with van der Waals surface area (Å²) in [4.78, 5) is 0. The molecule has 1 rings (SSSR count). The summed E-state index contributed by atoms with van der Waals surface area (Å²) >= 11 is 0. The average molecular weight is 188 g/mol. The molecule has 0 saturated heterocycles. The Labute approximate surface area is 70.5 Å². The molecule has 1 fully saturated rings. The van der Waals surface area contributed by atoms with Gasteiger partial charge in [-0.1, -0.05) is 0 Å². The molecule has 1 saturated carbocycles. The number of hydrogen-bond acceptors (Lipinski definition) is 2. The SMILES string of the molecule is Cl.NC1CC(COC(F)F)C1. The molecule has 0 bridgehead atoms. The summed E-state index contributed by atoms with van der Waals surface area (Å²) in [7, 11) is 0. The maximum absolute atomic E-state index is 11.4. The van der Waals surface area contributed by atoms with Crippen molar-refractivity contribution in [3.63, 3.8) is 0 Å². The van der Waals surface area contributed by atoms with E-state index in [2.05, 4.69) is 4.74 Å². The maximum Gasteiger partial charge on any atom is 0.345 e. The van der Waals surface area contributed by atoms with Gasteiger partial charge in [0, 0.05) is 6.04 Å². The molecular formula is C6H12ClF2NO. The lowest BCUT2D eigenvalue weighted by Crippen LogP contribution is -2.38. The summed E-state index contributed by atoms with van der Waals surface area (Å²) < 4.78 is 26.9. The van der Waals surface area contributed by atoms with Crippen molar-refractivity contribution in [2.24, 2.45) is 11.7 Å². The maximum atomic E-state index is 11.4. The standard InChI is InChI=1S/C6H11F2NO.ClH/c7-6(8)10-3-4-1-5(9)2-4;/h4-6H,1-3,9H2;1H. The van der Waals surface area contributed by atoms with E-state index in [1.807, 2.05) is 0 Å². The van der Waals surface area contributed by atoms with Crippen LogP contribution in [-0.2, 0) is 4.74 Å². The zero-order chi connectivity index (χ0) is 7.56. The van der Waals surface area contributed by atoms with E-state index in [0.29, 0.717) is 0 Å². The van der Waals surface area contributed by atoms with E-state index in [4.69, 9.17) is 5.73 Å². The Hall–Kier alpha value is 0.0700. The highest BCUT2D eigenvalue weighted by Crippen LogP contribution is 2.25. The predicted octanol–water partition coefficient (Wildman–Crippen LogP) is 1.38. The zero-order valence-electron chi connectivity index (χ0n) is 6.00. The van der Waals surface area contributed by atoms with Gasteiger partial charge >= 0.3 is 6.61 Å². The highest BCUT2D eigenvalue weighted by Gasteiger charge is 2.26. The largest absolute Gasteiger partial charge is 0.345 e. The van der Waals surface area contributed by atoms with Crippen molar-refractivity contribution in [1.82, 2.24) is 0 Å². The normalized spacial score (nSPS) is 29.5. The second-order valence-corrected chi connectivity index (χ2v) is 2.69. The van der Waals surface area contributed by atoms with E-state index < -0.39 is 6.61 Å². The minimum absolute atomic E-state index is 0. The molecule has 1 aliphatic rings. The lowest BCUT2D eigenvalue weighted by atomic mass is 9.82. The molecule has 2 N–H and O–H groups in total. The second kappa shape index (κ2) is 4.85. The highest BCUT2D eigenvalue weighted by molar-refractivity contribution is 5.85. The third kappa shape index (κ3) is 3.84. The fourth-order valence-corrected chi connectivity index (χ4v) is 1.13. The van der Waals surface area contributed by atoms with Crippen LogP contribution in [-0.4, -0.2) is 19.3 Å². The van der Waals surface area contributed by atoms with Gasteiger partial charge in [-0.05, 0) is 18.8 Å². The summed E-state index contributed by atoms with van der Waals surface area (Å²) in [5.74, 6) is 0.268. The van der Waals surface area contributed by atoms with Crippen LogP contribution in [0, 0.1) is 5.92 Å². The molecule has 1 aliphatic carbocycles. The number of halogens is 3. The molecular weight excluding hydrogens is 176 g/mol. The molecule has 0 aromatic carbocycles. The van der Waals surface area contributed by atoms with E-state index in [-0.39, 0.29) is 31.0 Å². The Kier molecular flexibility index (Phi) is 4.88. The summed E-state index contributed by atoms with van der Waals surface area (Å²) in [5, 5.41) is 0. The van der Waals surface area contributed by atoms with Crippen LogP contribution in [0.2, 0.25) is 0 Å². The number of hydrogen-bond donors (Lipinski definition) is 1. The molecule has 11 heavy (non-hydrogen) atoms. The molecule has 0 unspecified atom stereocenters. The average Bonchev–Trinajstić information content (AvgIpc) is 1.77. The third-order valence-electron chi connectivity index (χ3n) is 1.73. The first-order chi connectivity index (χ1) is 4.68. The molecule has 5 heteroatoms. The van der Waals surface area contributed by atoms with Crippen molar-refractivity contribution in [3.8, 4) is 0 Å². The van der Waals surface area contributed by atoms with Crippen molar-refractivity contribution < 1.29 is 13.5 Å². The number of ether oxygens (including phenoxy) is 1. The van der Waals surface area contributed by atoms with Gasteiger partial charge in [0.15, 0.2) is 0 Å². The van der Waals surface area contributed by atoms with Gasteiger partial charge in [0.2, 0.25) is 0 Å². The molecule has 0 atom stereocenters. The first kappa shape index (κ1) is 11.1. The number of alkyl halides is 2.